The lowest BCUT2D eigenvalue weighted by molar-refractivity contribution is 0.629. The van der Waals surface area contributed by atoms with Crippen LogP contribution in [0.25, 0.3) is 11.3 Å². The first kappa shape index (κ1) is 10.2. The number of aromatic nitrogens is 2. The van der Waals surface area contributed by atoms with Gasteiger partial charge in [-0.2, -0.15) is 10.2 Å². The predicted octanol–water partition coefficient (Wildman–Crippen LogP) is 3.65. The van der Waals surface area contributed by atoms with E-state index in [1.54, 1.807) is 12.1 Å². The van der Waals surface area contributed by atoms with Gasteiger partial charge in [0.1, 0.15) is 5.82 Å². The van der Waals surface area contributed by atoms with Crippen molar-refractivity contribution in [1.29, 1.82) is 0 Å². The Morgan fingerprint density at radius 2 is 1.89 bits per heavy atom. The Kier molecular flexibility index (Phi) is 2.04. The minimum Gasteiger partial charge on any atom is -0.206 e. The quantitative estimate of drug-likeness (QED) is 0.760. The minimum atomic E-state index is -0.227. The van der Waals surface area contributed by atoms with Crippen LogP contribution in [0.15, 0.2) is 30.3 Å². The first-order valence-electron chi connectivity index (χ1n) is 6.45. The maximum atomic E-state index is 13.7. The fourth-order valence-electron chi connectivity index (χ4n) is 3.37. The molecule has 0 radical (unpaired) electrons. The van der Waals surface area contributed by atoms with E-state index in [4.69, 9.17) is 0 Å². The molecule has 0 aliphatic heterocycles. The van der Waals surface area contributed by atoms with E-state index in [0.717, 1.165) is 5.69 Å². The highest BCUT2D eigenvalue weighted by atomic mass is 19.1. The topological polar surface area (TPSA) is 25.8 Å². The van der Waals surface area contributed by atoms with Gasteiger partial charge in [0, 0.05) is 11.5 Å². The molecule has 18 heavy (non-hydrogen) atoms. The standard InChI is InChI=1S/C15H13FN2/c16-13-4-2-1-3-11(13)14-8-12-9-5-6-10(7-9)15(12)18-17-14/h1-4,8-10H,5-7H2. The van der Waals surface area contributed by atoms with E-state index in [9.17, 15) is 4.39 Å². The fourth-order valence-corrected chi connectivity index (χ4v) is 3.37. The molecule has 90 valence electrons. The Balaban J connectivity index is 1.85. The summed E-state index contributed by atoms with van der Waals surface area (Å²) in [6.07, 6.45) is 3.70. The van der Waals surface area contributed by atoms with Crippen LogP contribution in [0.2, 0.25) is 0 Å². The summed E-state index contributed by atoms with van der Waals surface area (Å²) < 4.78 is 13.7. The number of nitrogens with zero attached hydrogens (tertiary/aromatic N) is 2. The van der Waals surface area contributed by atoms with Gasteiger partial charge < -0.3 is 0 Å². The zero-order valence-corrected chi connectivity index (χ0v) is 9.94. The third-order valence-electron chi connectivity index (χ3n) is 4.26. The average Bonchev–Trinajstić information content (AvgIpc) is 3.00. The minimum absolute atomic E-state index is 0.227. The Bertz CT molecular complexity index is 624. The Hall–Kier alpha value is -1.77. The van der Waals surface area contributed by atoms with E-state index in [-0.39, 0.29) is 5.82 Å². The fraction of sp³-hybridized carbons (Fsp3) is 0.333. The molecule has 1 aromatic heterocycles. The molecule has 2 aromatic rings. The first-order chi connectivity index (χ1) is 8.83. The lowest BCUT2D eigenvalue weighted by Crippen LogP contribution is -2.04. The maximum absolute atomic E-state index is 13.7. The van der Waals surface area contributed by atoms with Crippen LogP contribution in [0.1, 0.15) is 42.4 Å². The van der Waals surface area contributed by atoms with Crippen molar-refractivity contribution in [2.24, 2.45) is 0 Å². The van der Waals surface area contributed by atoms with Crippen LogP contribution < -0.4 is 0 Å². The van der Waals surface area contributed by atoms with Gasteiger partial charge >= 0.3 is 0 Å². The van der Waals surface area contributed by atoms with Gasteiger partial charge in [0.15, 0.2) is 0 Å². The second-order valence-corrected chi connectivity index (χ2v) is 5.26. The molecule has 0 amide bonds. The predicted molar refractivity (Wildman–Crippen MR) is 66.8 cm³/mol. The van der Waals surface area contributed by atoms with Crippen LogP contribution >= 0.6 is 0 Å². The number of fused-ring (bicyclic) bond motifs is 5. The Morgan fingerprint density at radius 3 is 2.78 bits per heavy atom. The Morgan fingerprint density at radius 1 is 1.06 bits per heavy atom. The van der Waals surface area contributed by atoms with Crippen molar-refractivity contribution in [3.63, 3.8) is 0 Å². The average molecular weight is 240 g/mol. The number of halogens is 1. The number of rotatable bonds is 1. The molecule has 1 saturated carbocycles. The molecule has 2 aliphatic carbocycles. The van der Waals surface area contributed by atoms with Gasteiger partial charge in [-0.3, -0.25) is 0 Å². The van der Waals surface area contributed by atoms with E-state index in [2.05, 4.69) is 10.2 Å². The summed E-state index contributed by atoms with van der Waals surface area (Å²) in [6.45, 7) is 0. The van der Waals surface area contributed by atoms with Gasteiger partial charge in [-0.05, 0) is 48.9 Å². The molecule has 0 N–H and O–H groups in total. The highest BCUT2D eigenvalue weighted by Gasteiger charge is 2.38. The van der Waals surface area contributed by atoms with E-state index < -0.39 is 0 Å². The van der Waals surface area contributed by atoms with E-state index in [1.807, 2.05) is 12.1 Å². The molecular weight excluding hydrogens is 227 g/mol. The van der Waals surface area contributed by atoms with Crippen molar-refractivity contribution in [3.05, 3.63) is 47.4 Å². The van der Waals surface area contributed by atoms with Gasteiger partial charge in [0.25, 0.3) is 0 Å². The van der Waals surface area contributed by atoms with Gasteiger partial charge in [0.2, 0.25) is 0 Å². The number of hydrogen-bond acceptors (Lipinski definition) is 2. The van der Waals surface area contributed by atoms with Crippen molar-refractivity contribution in [1.82, 2.24) is 10.2 Å². The molecule has 1 heterocycles. The van der Waals surface area contributed by atoms with E-state index in [0.29, 0.717) is 23.1 Å². The third-order valence-corrected chi connectivity index (χ3v) is 4.26. The molecule has 0 spiro atoms. The van der Waals surface area contributed by atoms with Crippen molar-refractivity contribution in [2.75, 3.05) is 0 Å². The summed E-state index contributed by atoms with van der Waals surface area (Å²) >= 11 is 0. The van der Waals surface area contributed by atoms with Crippen LogP contribution in [0.3, 0.4) is 0 Å². The molecule has 3 heteroatoms. The number of hydrogen-bond donors (Lipinski definition) is 0. The zero-order valence-electron chi connectivity index (χ0n) is 9.94. The zero-order chi connectivity index (χ0) is 12.1. The normalized spacial score (nSPS) is 24.3. The second kappa shape index (κ2) is 3.61. The van der Waals surface area contributed by atoms with Crippen molar-refractivity contribution in [2.45, 2.75) is 31.1 Å². The number of benzene rings is 1. The molecule has 1 aromatic carbocycles. The summed E-state index contributed by atoms with van der Waals surface area (Å²) in [5, 5.41) is 8.55. The van der Waals surface area contributed by atoms with Gasteiger partial charge in [-0.15, -0.1) is 0 Å². The SMILES string of the molecule is Fc1ccccc1-c1cc2c(nn1)C1CCC2C1. The van der Waals surface area contributed by atoms with E-state index >= 15 is 0 Å². The molecule has 2 bridgehead atoms. The summed E-state index contributed by atoms with van der Waals surface area (Å²) in [6, 6.07) is 8.81. The summed E-state index contributed by atoms with van der Waals surface area (Å²) in [5.74, 6) is 1.01. The highest BCUT2D eigenvalue weighted by molar-refractivity contribution is 5.61. The summed E-state index contributed by atoms with van der Waals surface area (Å²) in [4.78, 5) is 0. The highest BCUT2D eigenvalue weighted by Crippen LogP contribution is 2.52. The summed E-state index contributed by atoms with van der Waals surface area (Å²) in [5.41, 5.74) is 3.68. The largest absolute Gasteiger partial charge is 0.206 e. The molecule has 2 unspecified atom stereocenters. The van der Waals surface area contributed by atoms with Crippen molar-refractivity contribution >= 4 is 0 Å². The van der Waals surface area contributed by atoms with Crippen LogP contribution in [0.4, 0.5) is 4.39 Å². The lowest BCUT2D eigenvalue weighted by atomic mass is 9.95. The summed E-state index contributed by atoms with van der Waals surface area (Å²) in [7, 11) is 0. The van der Waals surface area contributed by atoms with Crippen LogP contribution in [0, 0.1) is 5.82 Å². The van der Waals surface area contributed by atoms with E-state index in [1.165, 1.54) is 30.9 Å². The Labute approximate surface area is 105 Å². The maximum Gasteiger partial charge on any atom is 0.132 e. The first-order valence-corrected chi connectivity index (χ1v) is 6.45. The smallest absolute Gasteiger partial charge is 0.132 e. The van der Waals surface area contributed by atoms with Crippen LogP contribution in [0.5, 0.6) is 0 Å². The molecule has 1 fully saturated rings. The molecule has 0 saturated heterocycles. The molecule has 2 atom stereocenters. The lowest BCUT2D eigenvalue weighted by Gasteiger charge is -2.14. The van der Waals surface area contributed by atoms with Gasteiger partial charge in [-0.25, -0.2) is 4.39 Å². The molecule has 4 rings (SSSR count). The second-order valence-electron chi connectivity index (χ2n) is 5.26. The molecular formula is C15H13FN2. The molecule has 2 nitrogen and oxygen atoms in total. The third kappa shape index (κ3) is 1.33. The van der Waals surface area contributed by atoms with Gasteiger partial charge in [0.05, 0.1) is 11.4 Å². The van der Waals surface area contributed by atoms with Gasteiger partial charge in [-0.1, -0.05) is 12.1 Å². The van der Waals surface area contributed by atoms with Crippen molar-refractivity contribution in [3.8, 4) is 11.3 Å². The van der Waals surface area contributed by atoms with Crippen molar-refractivity contribution < 1.29 is 4.39 Å². The van der Waals surface area contributed by atoms with Crippen LogP contribution in [-0.4, -0.2) is 10.2 Å². The monoisotopic (exact) mass is 240 g/mol. The van der Waals surface area contributed by atoms with Crippen LogP contribution in [-0.2, 0) is 0 Å². The molecule has 2 aliphatic rings.